The first kappa shape index (κ1) is 15.6. The number of hydrogen-bond donors (Lipinski definition) is 2. The summed E-state index contributed by atoms with van der Waals surface area (Å²) in [4.78, 5) is 18.4. The van der Waals surface area contributed by atoms with Gasteiger partial charge in [-0.25, -0.2) is 9.48 Å². The van der Waals surface area contributed by atoms with Crippen molar-refractivity contribution < 1.29 is 4.79 Å². The number of likely N-dealkylation sites (tertiary alicyclic amines) is 1. The molecule has 3 rings (SSSR count). The molecule has 0 spiro atoms. The molecule has 0 radical (unpaired) electrons. The maximum absolute atomic E-state index is 12.3. The molecule has 122 valence electrons. The standard InChI is InChI=1S/C15H19ClN6O/c1-21-14(17)19-13(20-21)10-6-8-22(9-7-10)15(23)18-12-4-2-11(16)3-5-12/h2-5,10H,6-9H2,1H3,(H,18,23)(H2,17,19,20). The first-order chi connectivity index (χ1) is 11.0. The van der Waals surface area contributed by atoms with E-state index in [9.17, 15) is 4.79 Å². The van der Waals surface area contributed by atoms with Crippen molar-refractivity contribution >= 4 is 29.3 Å². The van der Waals surface area contributed by atoms with Gasteiger partial charge in [0.05, 0.1) is 0 Å². The molecule has 1 aliphatic rings. The van der Waals surface area contributed by atoms with Crippen LogP contribution in [0.4, 0.5) is 16.4 Å². The van der Waals surface area contributed by atoms with Crippen LogP contribution in [0.1, 0.15) is 24.6 Å². The summed E-state index contributed by atoms with van der Waals surface area (Å²) in [6.07, 6.45) is 1.66. The number of amides is 2. The van der Waals surface area contributed by atoms with E-state index >= 15 is 0 Å². The average Bonchev–Trinajstić information content (AvgIpc) is 2.89. The van der Waals surface area contributed by atoms with Crippen molar-refractivity contribution in [3.05, 3.63) is 35.1 Å². The number of nitrogens with zero attached hydrogens (tertiary/aromatic N) is 4. The van der Waals surface area contributed by atoms with Gasteiger partial charge in [0.15, 0.2) is 5.82 Å². The van der Waals surface area contributed by atoms with Crippen molar-refractivity contribution in [2.24, 2.45) is 7.05 Å². The quantitative estimate of drug-likeness (QED) is 0.882. The van der Waals surface area contributed by atoms with Gasteiger partial charge in [0.2, 0.25) is 5.95 Å². The predicted octanol–water partition coefficient (Wildman–Crippen LogP) is 2.46. The van der Waals surface area contributed by atoms with Crippen LogP contribution in [0.5, 0.6) is 0 Å². The molecule has 1 fully saturated rings. The molecule has 3 N–H and O–H groups in total. The molecule has 0 aliphatic carbocycles. The van der Waals surface area contributed by atoms with E-state index in [2.05, 4.69) is 15.4 Å². The minimum Gasteiger partial charge on any atom is -0.368 e. The Morgan fingerprint density at radius 3 is 2.52 bits per heavy atom. The van der Waals surface area contributed by atoms with E-state index in [0.29, 0.717) is 24.1 Å². The van der Waals surface area contributed by atoms with Gasteiger partial charge in [0.1, 0.15) is 0 Å². The van der Waals surface area contributed by atoms with E-state index < -0.39 is 0 Å². The number of anilines is 2. The van der Waals surface area contributed by atoms with Gasteiger partial charge in [0.25, 0.3) is 0 Å². The summed E-state index contributed by atoms with van der Waals surface area (Å²) in [5.41, 5.74) is 6.46. The van der Waals surface area contributed by atoms with Gasteiger partial charge < -0.3 is 16.0 Å². The number of piperidine rings is 1. The monoisotopic (exact) mass is 334 g/mol. The summed E-state index contributed by atoms with van der Waals surface area (Å²) in [6, 6.07) is 6.97. The van der Waals surface area contributed by atoms with E-state index in [1.165, 1.54) is 0 Å². The van der Waals surface area contributed by atoms with Crippen molar-refractivity contribution in [2.45, 2.75) is 18.8 Å². The number of rotatable bonds is 2. The normalized spacial score (nSPS) is 15.7. The summed E-state index contributed by atoms with van der Waals surface area (Å²) in [5.74, 6) is 1.43. The largest absolute Gasteiger partial charge is 0.368 e. The number of urea groups is 1. The molecule has 0 saturated carbocycles. The van der Waals surface area contributed by atoms with Crippen LogP contribution < -0.4 is 11.1 Å². The summed E-state index contributed by atoms with van der Waals surface area (Å²) in [7, 11) is 1.78. The van der Waals surface area contributed by atoms with E-state index in [1.54, 1.807) is 40.9 Å². The second kappa shape index (κ2) is 6.45. The van der Waals surface area contributed by atoms with Crippen LogP contribution >= 0.6 is 11.6 Å². The van der Waals surface area contributed by atoms with Gasteiger partial charge in [-0.1, -0.05) is 11.6 Å². The fourth-order valence-corrected chi connectivity index (χ4v) is 2.79. The zero-order chi connectivity index (χ0) is 16.4. The molecule has 0 bridgehead atoms. The van der Waals surface area contributed by atoms with Gasteiger partial charge in [-0.3, -0.25) is 0 Å². The lowest BCUT2D eigenvalue weighted by Crippen LogP contribution is -2.40. The van der Waals surface area contributed by atoms with Crippen LogP contribution in [-0.2, 0) is 7.05 Å². The molecule has 0 unspecified atom stereocenters. The lowest BCUT2D eigenvalue weighted by atomic mass is 9.96. The molecule has 2 heterocycles. The Labute approximate surface area is 139 Å². The third-order valence-corrected chi connectivity index (χ3v) is 4.31. The number of aromatic nitrogens is 3. The lowest BCUT2D eigenvalue weighted by molar-refractivity contribution is 0.193. The summed E-state index contributed by atoms with van der Waals surface area (Å²) < 4.78 is 1.58. The van der Waals surface area contributed by atoms with Gasteiger partial charge in [-0.05, 0) is 37.1 Å². The maximum Gasteiger partial charge on any atom is 0.321 e. The molecule has 2 aromatic rings. The molecule has 8 heteroatoms. The molecule has 0 atom stereocenters. The molecule has 1 aromatic heterocycles. The van der Waals surface area contributed by atoms with Crippen molar-refractivity contribution in [1.29, 1.82) is 0 Å². The highest BCUT2D eigenvalue weighted by molar-refractivity contribution is 6.30. The first-order valence-corrected chi connectivity index (χ1v) is 7.88. The number of nitrogens with one attached hydrogen (secondary N) is 1. The molecule has 1 aliphatic heterocycles. The number of nitrogen functional groups attached to an aromatic ring is 1. The summed E-state index contributed by atoms with van der Waals surface area (Å²) >= 11 is 5.84. The molecule has 23 heavy (non-hydrogen) atoms. The maximum atomic E-state index is 12.3. The van der Waals surface area contributed by atoms with Crippen LogP contribution in [-0.4, -0.2) is 38.8 Å². The van der Waals surface area contributed by atoms with Crippen LogP contribution in [0.25, 0.3) is 0 Å². The number of halogens is 1. The minimum atomic E-state index is -0.0979. The second-order valence-corrected chi connectivity index (χ2v) is 6.09. The van der Waals surface area contributed by atoms with Crippen LogP contribution in [0.2, 0.25) is 5.02 Å². The number of carbonyl (C=O) groups excluding carboxylic acids is 1. The highest BCUT2D eigenvalue weighted by Gasteiger charge is 2.26. The zero-order valence-electron chi connectivity index (χ0n) is 12.9. The Bertz CT molecular complexity index is 671. The fraction of sp³-hybridized carbons (Fsp3) is 0.400. The molecule has 1 saturated heterocycles. The smallest absolute Gasteiger partial charge is 0.321 e. The summed E-state index contributed by atoms with van der Waals surface area (Å²) in [6.45, 7) is 1.34. The SMILES string of the molecule is Cn1nc(C2CCN(C(=O)Nc3ccc(Cl)cc3)CC2)nc1N. The third-order valence-electron chi connectivity index (χ3n) is 4.06. The van der Waals surface area contributed by atoms with Gasteiger partial charge in [-0.15, -0.1) is 0 Å². The van der Waals surface area contributed by atoms with Crippen LogP contribution in [0.3, 0.4) is 0 Å². The Morgan fingerprint density at radius 1 is 1.30 bits per heavy atom. The lowest BCUT2D eigenvalue weighted by Gasteiger charge is -2.30. The molecular weight excluding hydrogens is 316 g/mol. The molecular formula is C15H19ClN6O. The fourth-order valence-electron chi connectivity index (χ4n) is 2.67. The van der Waals surface area contributed by atoms with Gasteiger partial charge in [0, 0.05) is 36.8 Å². The molecule has 1 aromatic carbocycles. The Kier molecular flexibility index (Phi) is 4.38. The Balaban J connectivity index is 1.55. The van der Waals surface area contributed by atoms with E-state index in [-0.39, 0.29) is 11.9 Å². The number of nitrogens with two attached hydrogens (primary N) is 1. The number of aryl methyl sites for hydroxylation is 1. The van der Waals surface area contributed by atoms with Crippen molar-refractivity contribution in [3.8, 4) is 0 Å². The Hall–Kier alpha value is -2.28. The highest BCUT2D eigenvalue weighted by atomic mass is 35.5. The van der Waals surface area contributed by atoms with Crippen molar-refractivity contribution in [3.63, 3.8) is 0 Å². The van der Waals surface area contributed by atoms with Gasteiger partial charge >= 0.3 is 6.03 Å². The van der Waals surface area contributed by atoms with Crippen LogP contribution in [0.15, 0.2) is 24.3 Å². The van der Waals surface area contributed by atoms with Crippen molar-refractivity contribution in [1.82, 2.24) is 19.7 Å². The van der Waals surface area contributed by atoms with E-state index in [1.807, 2.05) is 0 Å². The third kappa shape index (κ3) is 3.56. The highest BCUT2D eigenvalue weighted by Crippen LogP contribution is 2.26. The Morgan fingerprint density at radius 2 is 1.96 bits per heavy atom. The molecule has 7 nitrogen and oxygen atoms in total. The first-order valence-electron chi connectivity index (χ1n) is 7.51. The number of hydrogen-bond acceptors (Lipinski definition) is 4. The number of carbonyl (C=O) groups is 1. The minimum absolute atomic E-state index is 0.0979. The average molecular weight is 335 g/mol. The van der Waals surface area contributed by atoms with E-state index in [4.69, 9.17) is 17.3 Å². The van der Waals surface area contributed by atoms with Crippen molar-refractivity contribution in [2.75, 3.05) is 24.1 Å². The molecule has 2 amide bonds. The topological polar surface area (TPSA) is 89.1 Å². The van der Waals surface area contributed by atoms with Gasteiger partial charge in [-0.2, -0.15) is 10.1 Å². The summed E-state index contributed by atoms with van der Waals surface area (Å²) in [5, 5.41) is 7.85. The van der Waals surface area contributed by atoms with Crippen LogP contribution in [0, 0.1) is 0 Å². The zero-order valence-corrected chi connectivity index (χ0v) is 13.6. The predicted molar refractivity (Wildman–Crippen MR) is 89.4 cm³/mol. The number of benzene rings is 1. The van der Waals surface area contributed by atoms with E-state index in [0.717, 1.165) is 24.4 Å². The second-order valence-electron chi connectivity index (χ2n) is 5.65.